The van der Waals surface area contributed by atoms with Crippen LogP contribution in [0.15, 0.2) is 41.9 Å². The largest absolute Gasteiger partial charge is 0.356 e. The van der Waals surface area contributed by atoms with Crippen LogP contribution in [0.3, 0.4) is 0 Å². The van der Waals surface area contributed by atoms with Crippen LogP contribution in [-0.2, 0) is 5.75 Å². The van der Waals surface area contributed by atoms with Gasteiger partial charge >= 0.3 is 0 Å². The molecule has 2 aromatic rings. The Kier molecular flexibility index (Phi) is 3.93. The van der Waals surface area contributed by atoms with E-state index in [-0.39, 0.29) is 0 Å². The van der Waals surface area contributed by atoms with Crippen LogP contribution >= 0.6 is 11.8 Å². The third-order valence-corrected chi connectivity index (χ3v) is 4.19. The van der Waals surface area contributed by atoms with Crippen LogP contribution in [0, 0.1) is 0 Å². The van der Waals surface area contributed by atoms with E-state index in [0.29, 0.717) is 0 Å². The number of nitrogens with zero attached hydrogens (tertiary/aromatic N) is 4. The Labute approximate surface area is 117 Å². The van der Waals surface area contributed by atoms with Gasteiger partial charge in [-0.05, 0) is 30.5 Å². The molecule has 0 atom stereocenters. The van der Waals surface area contributed by atoms with Crippen molar-refractivity contribution in [3.8, 4) is 0 Å². The molecule has 0 aliphatic carbocycles. The van der Waals surface area contributed by atoms with Gasteiger partial charge < -0.3 is 4.90 Å². The van der Waals surface area contributed by atoms with Gasteiger partial charge in [0, 0.05) is 37.3 Å². The Hall–Kier alpha value is -1.62. The summed E-state index contributed by atoms with van der Waals surface area (Å²) in [5.74, 6) is 1.98. The van der Waals surface area contributed by atoms with Crippen molar-refractivity contribution in [2.24, 2.45) is 0 Å². The smallest absolute Gasteiger partial charge is 0.133 e. The maximum absolute atomic E-state index is 4.37. The summed E-state index contributed by atoms with van der Waals surface area (Å²) in [5.41, 5.74) is 1.27. The molecule has 0 radical (unpaired) electrons. The predicted molar refractivity (Wildman–Crippen MR) is 77.3 cm³/mol. The van der Waals surface area contributed by atoms with Gasteiger partial charge in [-0.15, -0.1) is 11.8 Å². The van der Waals surface area contributed by atoms with Crippen LogP contribution in [-0.4, -0.2) is 28.0 Å². The highest BCUT2D eigenvalue weighted by Gasteiger charge is 2.13. The summed E-state index contributed by atoms with van der Waals surface area (Å²) in [6, 6.07) is 6.17. The van der Waals surface area contributed by atoms with Crippen LogP contribution in [0.2, 0.25) is 0 Å². The van der Waals surface area contributed by atoms with E-state index in [1.807, 2.05) is 24.5 Å². The van der Waals surface area contributed by atoms with Crippen molar-refractivity contribution in [3.05, 3.63) is 42.5 Å². The van der Waals surface area contributed by atoms with Gasteiger partial charge in [-0.3, -0.25) is 4.98 Å². The molecule has 2 aromatic heterocycles. The first kappa shape index (κ1) is 12.4. The van der Waals surface area contributed by atoms with Gasteiger partial charge in [0.1, 0.15) is 17.2 Å². The summed E-state index contributed by atoms with van der Waals surface area (Å²) in [6.45, 7) is 2.23. The molecule has 3 heterocycles. The lowest BCUT2D eigenvalue weighted by Crippen LogP contribution is -2.18. The molecule has 5 heteroatoms. The lowest BCUT2D eigenvalue weighted by molar-refractivity contribution is 0.908. The van der Waals surface area contributed by atoms with Crippen LogP contribution < -0.4 is 4.90 Å². The molecule has 1 aliphatic heterocycles. The summed E-state index contributed by atoms with van der Waals surface area (Å²) in [7, 11) is 0. The number of anilines is 1. The van der Waals surface area contributed by atoms with Crippen molar-refractivity contribution in [1.29, 1.82) is 0 Å². The van der Waals surface area contributed by atoms with Gasteiger partial charge in [0.15, 0.2) is 0 Å². The summed E-state index contributed by atoms with van der Waals surface area (Å²) in [5, 5.41) is 1.04. The van der Waals surface area contributed by atoms with E-state index in [1.54, 1.807) is 18.1 Å². The molecule has 1 saturated heterocycles. The van der Waals surface area contributed by atoms with E-state index in [4.69, 9.17) is 0 Å². The number of hydrogen-bond donors (Lipinski definition) is 0. The summed E-state index contributed by atoms with van der Waals surface area (Å²) >= 11 is 1.74. The second-order valence-electron chi connectivity index (χ2n) is 4.55. The van der Waals surface area contributed by atoms with Gasteiger partial charge in [-0.1, -0.05) is 0 Å². The maximum atomic E-state index is 4.37. The predicted octanol–water partition coefficient (Wildman–Crippen LogP) is 2.76. The van der Waals surface area contributed by atoms with Crippen LogP contribution in [0.25, 0.3) is 0 Å². The maximum Gasteiger partial charge on any atom is 0.133 e. The molecule has 0 N–H and O–H groups in total. The Balaban J connectivity index is 1.66. The zero-order chi connectivity index (χ0) is 12.9. The summed E-state index contributed by atoms with van der Waals surface area (Å²) in [4.78, 5) is 15.1. The highest BCUT2D eigenvalue weighted by molar-refractivity contribution is 7.98. The molecular weight excluding hydrogens is 256 g/mol. The molecule has 0 aromatic carbocycles. The van der Waals surface area contributed by atoms with Crippen molar-refractivity contribution >= 4 is 17.6 Å². The van der Waals surface area contributed by atoms with Gasteiger partial charge in [0.2, 0.25) is 0 Å². The molecule has 1 fully saturated rings. The second kappa shape index (κ2) is 6.02. The Bertz CT molecular complexity index is 526. The minimum absolute atomic E-state index is 0.916. The zero-order valence-electron chi connectivity index (χ0n) is 10.7. The minimum Gasteiger partial charge on any atom is -0.356 e. The minimum atomic E-state index is 0.916. The third kappa shape index (κ3) is 3.23. The van der Waals surface area contributed by atoms with Crippen LogP contribution in [0.1, 0.15) is 18.4 Å². The first-order valence-electron chi connectivity index (χ1n) is 6.50. The molecule has 0 bridgehead atoms. The quantitative estimate of drug-likeness (QED) is 0.632. The molecule has 0 amide bonds. The average molecular weight is 272 g/mol. The summed E-state index contributed by atoms with van der Waals surface area (Å²) in [6.07, 6.45) is 7.85. The van der Waals surface area contributed by atoms with E-state index in [1.165, 1.54) is 18.4 Å². The summed E-state index contributed by atoms with van der Waals surface area (Å²) < 4.78 is 0. The lowest BCUT2D eigenvalue weighted by Gasteiger charge is -2.16. The lowest BCUT2D eigenvalue weighted by atomic mass is 10.3. The molecule has 0 unspecified atom stereocenters. The Morgan fingerprint density at radius 2 is 1.89 bits per heavy atom. The fraction of sp³-hybridized carbons (Fsp3) is 0.357. The van der Waals surface area contributed by atoms with Crippen molar-refractivity contribution in [3.63, 3.8) is 0 Å². The zero-order valence-corrected chi connectivity index (χ0v) is 11.5. The SMILES string of the molecule is c1cc(CSc2cc(N3CCCC3)ncn2)ccn1. The van der Waals surface area contributed by atoms with Gasteiger partial charge in [0.25, 0.3) is 0 Å². The standard InChI is InChI=1S/C14H16N4S/c1-2-8-18(7-1)13-9-14(17-11-16-13)19-10-12-3-5-15-6-4-12/h3-6,9,11H,1-2,7-8,10H2. The molecule has 98 valence electrons. The van der Waals surface area contributed by atoms with E-state index in [2.05, 4.69) is 25.9 Å². The molecular formula is C14H16N4S. The van der Waals surface area contributed by atoms with E-state index < -0.39 is 0 Å². The second-order valence-corrected chi connectivity index (χ2v) is 5.55. The topological polar surface area (TPSA) is 41.9 Å². The van der Waals surface area contributed by atoms with Gasteiger partial charge in [0.05, 0.1) is 0 Å². The fourth-order valence-electron chi connectivity index (χ4n) is 2.16. The first-order chi connectivity index (χ1) is 9.42. The Morgan fingerprint density at radius 3 is 2.68 bits per heavy atom. The van der Waals surface area contributed by atoms with E-state index in [0.717, 1.165) is 29.7 Å². The fourth-order valence-corrected chi connectivity index (χ4v) is 2.98. The van der Waals surface area contributed by atoms with Crippen LogP contribution in [0.5, 0.6) is 0 Å². The number of thioether (sulfide) groups is 1. The molecule has 1 aliphatic rings. The normalized spacial score (nSPS) is 14.8. The number of hydrogen-bond acceptors (Lipinski definition) is 5. The third-order valence-electron chi connectivity index (χ3n) is 3.19. The molecule has 3 rings (SSSR count). The van der Waals surface area contributed by atoms with Crippen molar-refractivity contribution in [2.75, 3.05) is 18.0 Å². The van der Waals surface area contributed by atoms with Crippen molar-refractivity contribution in [1.82, 2.24) is 15.0 Å². The van der Waals surface area contributed by atoms with E-state index in [9.17, 15) is 0 Å². The molecule has 4 nitrogen and oxygen atoms in total. The van der Waals surface area contributed by atoms with E-state index >= 15 is 0 Å². The number of pyridine rings is 1. The Morgan fingerprint density at radius 1 is 1.11 bits per heavy atom. The highest BCUT2D eigenvalue weighted by atomic mass is 32.2. The average Bonchev–Trinajstić information content (AvgIpc) is 3.01. The van der Waals surface area contributed by atoms with Crippen LogP contribution in [0.4, 0.5) is 5.82 Å². The first-order valence-corrected chi connectivity index (χ1v) is 7.49. The van der Waals surface area contributed by atoms with Gasteiger partial charge in [-0.25, -0.2) is 9.97 Å². The monoisotopic (exact) mass is 272 g/mol. The molecule has 19 heavy (non-hydrogen) atoms. The molecule has 0 spiro atoms. The highest BCUT2D eigenvalue weighted by Crippen LogP contribution is 2.24. The molecule has 0 saturated carbocycles. The number of aromatic nitrogens is 3. The van der Waals surface area contributed by atoms with Gasteiger partial charge in [-0.2, -0.15) is 0 Å². The van der Waals surface area contributed by atoms with Crippen molar-refractivity contribution < 1.29 is 0 Å². The van der Waals surface area contributed by atoms with Crippen molar-refractivity contribution in [2.45, 2.75) is 23.6 Å². The number of rotatable bonds is 4.